The summed E-state index contributed by atoms with van der Waals surface area (Å²) in [5, 5.41) is 2.88. The van der Waals surface area contributed by atoms with Gasteiger partial charge in [-0.1, -0.05) is 60.7 Å². The van der Waals surface area contributed by atoms with Crippen molar-refractivity contribution in [3.8, 4) is 11.5 Å². The van der Waals surface area contributed by atoms with E-state index in [0.717, 1.165) is 22.3 Å². The molecule has 7 heteroatoms. The molecular formula is C34H28N2O5. The Morgan fingerprint density at radius 3 is 2.05 bits per heavy atom. The van der Waals surface area contributed by atoms with Crippen molar-refractivity contribution in [2.75, 3.05) is 24.4 Å². The molecule has 0 saturated carbocycles. The maximum atomic E-state index is 14.5. The number of rotatable bonds is 5. The molecule has 0 spiro atoms. The van der Waals surface area contributed by atoms with Gasteiger partial charge in [-0.25, -0.2) is 4.90 Å². The molecule has 1 N–H and O–H groups in total. The fraction of sp³-hybridized carbons (Fsp3) is 0.206. The van der Waals surface area contributed by atoms with Crippen LogP contribution in [0.1, 0.15) is 51.4 Å². The summed E-state index contributed by atoms with van der Waals surface area (Å²) in [4.78, 5) is 43.9. The Bertz CT molecular complexity index is 1720. The van der Waals surface area contributed by atoms with Gasteiger partial charge in [-0.05, 0) is 53.4 Å². The molecule has 0 unspecified atom stereocenters. The van der Waals surface area contributed by atoms with E-state index in [2.05, 4.69) is 29.6 Å². The predicted octanol–water partition coefficient (Wildman–Crippen LogP) is 5.74. The van der Waals surface area contributed by atoms with E-state index in [0.29, 0.717) is 17.2 Å². The molecule has 4 aromatic rings. The van der Waals surface area contributed by atoms with Gasteiger partial charge >= 0.3 is 0 Å². The van der Waals surface area contributed by atoms with Crippen LogP contribution in [-0.2, 0) is 9.59 Å². The van der Waals surface area contributed by atoms with Crippen molar-refractivity contribution < 1.29 is 23.9 Å². The molecule has 0 aromatic heterocycles. The van der Waals surface area contributed by atoms with Gasteiger partial charge in [0, 0.05) is 17.9 Å². The summed E-state index contributed by atoms with van der Waals surface area (Å²) in [5.74, 6) is -1.14. The van der Waals surface area contributed by atoms with E-state index in [1.54, 1.807) is 42.5 Å². The lowest BCUT2D eigenvalue weighted by molar-refractivity contribution is -0.128. The van der Waals surface area contributed by atoms with E-state index in [4.69, 9.17) is 9.47 Å². The van der Waals surface area contributed by atoms with Crippen molar-refractivity contribution in [2.24, 2.45) is 11.3 Å². The highest BCUT2D eigenvalue weighted by molar-refractivity contribution is 6.27. The fourth-order valence-corrected chi connectivity index (χ4v) is 7.31. The molecule has 7 nitrogen and oxygen atoms in total. The van der Waals surface area contributed by atoms with E-state index in [1.807, 2.05) is 31.2 Å². The molecule has 1 saturated heterocycles. The Labute approximate surface area is 237 Å². The van der Waals surface area contributed by atoms with Crippen molar-refractivity contribution in [2.45, 2.75) is 18.8 Å². The molecule has 2 atom stereocenters. The summed E-state index contributed by atoms with van der Waals surface area (Å²) in [6, 6.07) is 28.1. The number of methoxy groups -OCH3 is 2. The second kappa shape index (κ2) is 9.06. The summed E-state index contributed by atoms with van der Waals surface area (Å²) < 4.78 is 10.7. The zero-order valence-corrected chi connectivity index (χ0v) is 22.9. The molecule has 1 fully saturated rings. The monoisotopic (exact) mass is 544 g/mol. The van der Waals surface area contributed by atoms with Crippen LogP contribution in [0, 0.1) is 11.3 Å². The highest BCUT2D eigenvalue weighted by atomic mass is 16.5. The largest absolute Gasteiger partial charge is 0.497 e. The number of nitrogens with zero attached hydrogens (tertiary/aromatic N) is 1. The zero-order valence-electron chi connectivity index (χ0n) is 22.9. The zero-order chi connectivity index (χ0) is 28.5. The predicted molar refractivity (Wildman–Crippen MR) is 155 cm³/mol. The van der Waals surface area contributed by atoms with Crippen LogP contribution in [0.15, 0.2) is 91.0 Å². The highest BCUT2D eigenvalue weighted by Crippen LogP contribution is 2.67. The first-order valence-electron chi connectivity index (χ1n) is 13.6. The lowest BCUT2D eigenvalue weighted by atomic mass is 9.48. The molecule has 204 valence electrons. The van der Waals surface area contributed by atoms with Gasteiger partial charge < -0.3 is 14.8 Å². The summed E-state index contributed by atoms with van der Waals surface area (Å²) in [7, 11) is 3.05. The standard InChI is InChI=1S/C34H28N2O5/c1-34-29-22-12-6-4-10-20(22)28(21-11-5-7-13-23(21)29)30(34)32(38)36(33(34)39)26-15-9-8-14-24(26)31(37)35-25-18-19(40-2)16-17-27(25)41-3/h4-18,28-30H,1-3H3,(H,35,37)/t28?,29?,30-,34+/m1/s1. The van der Waals surface area contributed by atoms with Gasteiger partial charge in [0.05, 0.1) is 42.5 Å². The Balaban J connectivity index is 1.33. The quantitative estimate of drug-likeness (QED) is 0.324. The number of hydrogen-bond acceptors (Lipinski definition) is 5. The van der Waals surface area contributed by atoms with E-state index >= 15 is 0 Å². The van der Waals surface area contributed by atoms with Gasteiger partial charge in [0.15, 0.2) is 0 Å². The average Bonchev–Trinajstić information content (AvgIpc) is 3.21. The number of imide groups is 1. The number of anilines is 2. The second-order valence-electron chi connectivity index (χ2n) is 10.9. The molecule has 4 aliphatic rings. The third kappa shape index (κ3) is 3.35. The van der Waals surface area contributed by atoms with Crippen LogP contribution in [0.5, 0.6) is 11.5 Å². The second-order valence-corrected chi connectivity index (χ2v) is 10.9. The minimum atomic E-state index is -0.996. The third-order valence-corrected chi connectivity index (χ3v) is 9.06. The van der Waals surface area contributed by atoms with Gasteiger partial charge in [0.25, 0.3) is 5.91 Å². The van der Waals surface area contributed by atoms with Crippen molar-refractivity contribution in [1.29, 1.82) is 0 Å². The molecule has 3 amide bonds. The molecule has 2 bridgehead atoms. The molecule has 3 aliphatic carbocycles. The smallest absolute Gasteiger partial charge is 0.257 e. The van der Waals surface area contributed by atoms with Crippen molar-refractivity contribution >= 4 is 29.1 Å². The number of para-hydroxylation sites is 1. The number of amides is 3. The number of benzene rings is 4. The van der Waals surface area contributed by atoms with E-state index in [1.165, 1.54) is 19.1 Å². The van der Waals surface area contributed by atoms with Gasteiger partial charge in [-0.3, -0.25) is 14.4 Å². The number of nitrogens with one attached hydrogen (secondary N) is 1. The summed E-state index contributed by atoms with van der Waals surface area (Å²) >= 11 is 0. The first kappa shape index (κ1) is 25.1. The first-order chi connectivity index (χ1) is 19.9. The maximum absolute atomic E-state index is 14.5. The molecular weight excluding hydrogens is 516 g/mol. The summed E-state index contributed by atoms with van der Waals surface area (Å²) in [6.07, 6.45) is 0. The van der Waals surface area contributed by atoms with Crippen molar-refractivity contribution in [3.05, 3.63) is 119 Å². The van der Waals surface area contributed by atoms with Crippen molar-refractivity contribution in [3.63, 3.8) is 0 Å². The van der Waals surface area contributed by atoms with Gasteiger partial charge in [-0.15, -0.1) is 0 Å². The molecule has 0 radical (unpaired) electrons. The van der Waals surface area contributed by atoms with Crippen LogP contribution in [0.2, 0.25) is 0 Å². The van der Waals surface area contributed by atoms with Crippen LogP contribution in [0.4, 0.5) is 11.4 Å². The van der Waals surface area contributed by atoms with Gasteiger partial charge in [0.2, 0.25) is 11.8 Å². The third-order valence-electron chi connectivity index (χ3n) is 9.06. The number of carbonyl (C=O) groups is 3. The van der Waals surface area contributed by atoms with Crippen LogP contribution in [0.3, 0.4) is 0 Å². The number of ether oxygens (including phenoxy) is 2. The normalized spacial score (nSPS) is 23.5. The first-order valence-corrected chi connectivity index (χ1v) is 13.6. The van der Waals surface area contributed by atoms with Gasteiger partial charge in [0.1, 0.15) is 11.5 Å². The lowest BCUT2D eigenvalue weighted by Gasteiger charge is -2.51. The van der Waals surface area contributed by atoms with Crippen LogP contribution < -0.4 is 19.7 Å². The van der Waals surface area contributed by atoms with Crippen LogP contribution in [0.25, 0.3) is 0 Å². The maximum Gasteiger partial charge on any atom is 0.257 e. The Morgan fingerprint density at radius 1 is 0.805 bits per heavy atom. The van der Waals surface area contributed by atoms with E-state index in [-0.39, 0.29) is 34.9 Å². The molecule has 1 aliphatic heterocycles. The van der Waals surface area contributed by atoms with Crippen LogP contribution >= 0.6 is 0 Å². The van der Waals surface area contributed by atoms with Gasteiger partial charge in [-0.2, -0.15) is 0 Å². The number of hydrogen-bond donors (Lipinski definition) is 1. The SMILES string of the molecule is COc1ccc(OC)c(NC(=O)c2ccccc2N2C(=O)[C@H]3C4c5ccccc5C(c5ccccc54)[C@]3(C)C2=O)c1. The topological polar surface area (TPSA) is 84.9 Å². The van der Waals surface area contributed by atoms with E-state index < -0.39 is 17.2 Å². The van der Waals surface area contributed by atoms with Crippen LogP contribution in [-0.4, -0.2) is 31.9 Å². The Kier molecular flexibility index (Phi) is 5.54. The molecule has 1 heterocycles. The van der Waals surface area contributed by atoms with E-state index in [9.17, 15) is 14.4 Å². The molecule has 4 aromatic carbocycles. The lowest BCUT2D eigenvalue weighted by Crippen LogP contribution is -2.49. The van der Waals surface area contributed by atoms with Crippen molar-refractivity contribution in [1.82, 2.24) is 0 Å². The minimum absolute atomic E-state index is 0.212. The summed E-state index contributed by atoms with van der Waals surface area (Å²) in [5.41, 5.74) is 4.27. The minimum Gasteiger partial charge on any atom is -0.497 e. The fourth-order valence-electron chi connectivity index (χ4n) is 7.31. The highest BCUT2D eigenvalue weighted by Gasteiger charge is 2.69. The number of carbonyl (C=O) groups excluding carboxylic acids is 3. The molecule has 8 rings (SSSR count). The molecule has 41 heavy (non-hydrogen) atoms. The average molecular weight is 545 g/mol. The Morgan fingerprint density at radius 2 is 1.41 bits per heavy atom. The Hall–Kier alpha value is -4.91. The summed E-state index contributed by atoms with van der Waals surface area (Å²) in [6.45, 7) is 1.92.